The molecular weight excluding hydrogens is 436 g/mol. The van der Waals surface area contributed by atoms with Crippen molar-refractivity contribution in [3.8, 4) is 5.69 Å². The van der Waals surface area contributed by atoms with Gasteiger partial charge in [0.25, 0.3) is 11.1 Å². The van der Waals surface area contributed by atoms with Crippen LogP contribution in [0.2, 0.25) is 5.02 Å². The van der Waals surface area contributed by atoms with E-state index in [0.29, 0.717) is 15.6 Å². The van der Waals surface area contributed by atoms with Crippen LogP contribution in [0, 0.1) is 13.8 Å². The molecule has 0 N–H and O–H groups in total. The summed E-state index contributed by atoms with van der Waals surface area (Å²) in [5.41, 5.74) is 4.30. The number of hydrogen-bond acceptors (Lipinski definition) is 5. The minimum Gasteiger partial charge on any atom is -0.316 e. The number of thioether (sulfide) groups is 1. The summed E-state index contributed by atoms with van der Waals surface area (Å²) in [4.78, 5) is 43.1. The highest BCUT2D eigenvalue weighted by atomic mass is 35.5. The first-order valence-corrected chi connectivity index (χ1v) is 10.3. The molecule has 1 saturated heterocycles. The number of imide groups is 1. The zero-order valence-electron chi connectivity index (χ0n) is 16.7. The second-order valence-corrected chi connectivity index (χ2v) is 7.95. The molecular formula is C23H17ClN2O4S. The zero-order valence-corrected chi connectivity index (χ0v) is 18.2. The van der Waals surface area contributed by atoms with Crippen LogP contribution in [0.3, 0.4) is 0 Å². The van der Waals surface area contributed by atoms with Crippen molar-refractivity contribution in [3.05, 3.63) is 87.5 Å². The van der Waals surface area contributed by atoms with Gasteiger partial charge in [-0.25, -0.2) is 4.90 Å². The molecule has 4 rings (SSSR count). The molecule has 2 amide bonds. The number of aryl methyl sites for hydroxylation is 1. The van der Waals surface area contributed by atoms with Crippen LogP contribution < -0.4 is 4.90 Å². The summed E-state index contributed by atoms with van der Waals surface area (Å²) in [5.74, 6) is -0.302. The third-order valence-corrected chi connectivity index (χ3v) is 5.85. The Labute approximate surface area is 188 Å². The summed E-state index contributed by atoms with van der Waals surface area (Å²) in [6.07, 6.45) is 2.03. The SMILES string of the molecule is Cc1cc(C=C2SC(=O)N(c3ccccc3)C2=O)c(C)n1-c1ccccc1Cl.O=C=O. The number of carbonyl (C=O) groups is 2. The summed E-state index contributed by atoms with van der Waals surface area (Å²) < 4.78 is 2.05. The maximum atomic E-state index is 12.8. The number of hydrogen-bond donors (Lipinski definition) is 0. The predicted octanol–water partition coefficient (Wildman–Crippen LogP) is 5.40. The number of carbonyl (C=O) groups excluding carboxylic acids is 4. The van der Waals surface area contributed by atoms with Crippen LogP contribution in [0.5, 0.6) is 0 Å². The minimum absolute atomic E-state index is 0.250. The molecule has 3 aromatic rings. The lowest BCUT2D eigenvalue weighted by molar-refractivity contribution is -0.191. The van der Waals surface area contributed by atoms with E-state index in [0.717, 1.165) is 34.4 Å². The van der Waals surface area contributed by atoms with Crippen molar-refractivity contribution < 1.29 is 19.2 Å². The van der Waals surface area contributed by atoms with Gasteiger partial charge in [0.1, 0.15) is 0 Å². The first kappa shape index (κ1) is 22.3. The van der Waals surface area contributed by atoms with Gasteiger partial charge in [-0.3, -0.25) is 9.59 Å². The van der Waals surface area contributed by atoms with Gasteiger partial charge >= 0.3 is 6.15 Å². The van der Waals surface area contributed by atoms with Crippen molar-refractivity contribution in [1.82, 2.24) is 4.57 Å². The van der Waals surface area contributed by atoms with Crippen molar-refractivity contribution in [1.29, 1.82) is 0 Å². The van der Waals surface area contributed by atoms with Crippen molar-refractivity contribution in [2.75, 3.05) is 4.90 Å². The smallest absolute Gasteiger partial charge is 0.316 e. The molecule has 0 bridgehead atoms. The molecule has 1 aliphatic heterocycles. The lowest BCUT2D eigenvalue weighted by Gasteiger charge is -2.12. The molecule has 8 heteroatoms. The number of anilines is 1. The molecule has 6 nitrogen and oxygen atoms in total. The van der Waals surface area contributed by atoms with E-state index in [-0.39, 0.29) is 17.3 Å². The van der Waals surface area contributed by atoms with Gasteiger partial charge in [0.05, 0.1) is 21.3 Å². The lowest BCUT2D eigenvalue weighted by Crippen LogP contribution is -2.27. The Kier molecular flexibility index (Phi) is 6.92. The normalized spacial score (nSPS) is 14.4. The molecule has 2 aromatic carbocycles. The van der Waals surface area contributed by atoms with Crippen LogP contribution in [0.25, 0.3) is 11.8 Å². The Bertz CT molecular complexity index is 1210. The monoisotopic (exact) mass is 452 g/mol. The van der Waals surface area contributed by atoms with E-state index in [1.165, 1.54) is 4.90 Å². The van der Waals surface area contributed by atoms with Gasteiger partial charge in [-0.05, 0) is 67.6 Å². The summed E-state index contributed by atoms with van der Waals surface area (Å²) in [5, 5.41) is 0.364. The Hall–Kier alpha value is -3.38. The Morgan fingerprint density at radius 2 is 1.58 bits per heavy atom. The maximum Gasteiger partial charge on any atom is 0.373 e. The Morgan fingerprint density at radius 1 is 0.968 bits per heavy atom. The highest BCUT2D eigenvalue weighted by Gasteiger charge is 2.36. The quantitative estimate of drug-likeness (QED) is 0.497. The standard InChI is InChI=1S/C22H17ClN2O2S.CO2/c1-14-12-16(15(2)24(14)19-11-7-6-10-18(19)23)13-20-21(26)25(22(27)28-20)17-8-4-3-5-9-17;2-1-3/h3-13H,1-2H3;. The molecule has 0 aliphatic carbocycles. The molecule has 0 unspecified atom stereocenters. The Balaban J connectivity index is 0.000000858. The fourth-order valence-electron chi connectivity index (χ4n) is 3.35. The van der Waals surface area contributed by atoms with E-state index < -0.39 is 0 Å². The molecule has 156 valence electrons. The number of amides is 2. The molecule has 1 aliphatic rings. The molecule has 0 radical (unpaired) electrons. The number of benzene rings is 2. The second-order valence-electron chi connectivity index (χ2n) is 6.55. The first-order chi connectivity index (χ1) is 14.9. The van der Waals surface area contributed by atoms with Crippen LogP contribution in [-0.2, 0) is 14.4 Å². The average Bonchev–Trinajstić information content (AvgIpc) is 3.18. The van der Waals surface area contributed by atoms with Crippen LogP contribution in [0.15, 0.2) is 65.6 Å². The largest absolute Gasteiger partial charge is 0.373 e. The Morgan fingerprint density at radius 3 is 2.23 bits per heavy atom. The average molecular weight is 453 g/mol. The van der Waals surface area contributed by atoms with E-state index >= 15 is 0 Å². The van der Waals surface area contributed by atoms with Gasteiger partial charge in [-0.2, -0.15) is 9.59 Å². The number of nitrogens with zero attached hydrogens (tertiary/aromatic N) is 2. The summed E-state index contributed by atoms with van der Waals surface area (Å²) in [7, 11) is 0. The fourth-order valence-corrected chi connectivity index (χ4v) is 4.40. The van der Waals surface area contributed by atoms with E-state index in [1.54, 1.807) is 30.3 Å². The predicted molar refractivity (Wildman–Crippen MR) is 120 cm³/mol. The van der Waals surface area contributed by atoms with Gasteiger partial charge in [0, 0.05) is 11.4 Å². The molecule has 0 atom stereocenters. The number of rotatable bonds is 3. The van der Waals surface area contributed by atoms with E-state index in [1.807, 2.05) is 50.2 Å². The van der Waals surface area contributed by atoms with Crippen LogP contribution >= 0.6 is 23.4 Å². The number of para-hydroxylation sites is 2. The van der Waals surface area contributed by atoms with Crippen molar-refractivity contribution in [2.24, 2.45) is 0 Å². The van der Waals surface area contributed by atoms with Crippen LogP contribution in [0.4, 0.5) is 10.5 Å². The molecule has 2 heterocycles. The molecule has 0 spiro atoms. The fraction of sp³-hybridized carbons (Fsp3) is 0.0870. The van der Waals surface area contributed by atoms with Crippen molar-refractivity contribution in [3.63, 3.8) is 0 Å². The van der Waals surface area contributed by atoms with Crippen LogP contribution in [-0.4, -0.2) is 21.9 Å². The van der Waals surface area contributed by atoms with Crippen molar-refractivity contribution in [2.45, 2.75) is 13.8 Å². The summed E-state index contributed by atoms with van der Waals surface area (Å²) >= 11 is 7.32. The third kappa shape index (κ3) is 4.54. The van der Waals surface area contributed by atoms with E-state index in [2.05, 4.69) is 4.57 Å². The lowest BCUT2D eigenvalue weighted by atomic mass is 10.2. The highest BCUT2D eigenvalue weighted by Crippen LogP contribution is 2.36. The van der Waals surface area contributed by atoms with Gasteiger partial charge in [0.2, 0.25) is 0 Å². The molecule has 1 fully saturated rings. The molecule has 31 heavy (non-hydrogen) atoms. The maximum absolute atomic E-state index is 12.8. The summed E-state index contributed by atoms with van der Waals surface area (Å²) in [6, 6.07) is 18.6. The minimum atomic E-state index is -0.302. The van der Waals surface area contributed by atoms with Crippen molar-refractivity contribution >= 4 is 52.4 Å². The topological polar surface area (TPSA) is 76.5 Å². The highest BCUT2D eigenvalue weighted by molar-refractivity contribution is 8.19. The van der Waals surface area contributed by atoms with Gasteiger partial charge in [-0.15, -0.1) is 0 Å². The second kappa shape index (κ2) is 9.62. The number of aromatic nitrogens is 1. The van der Waals surface area contributed by atoms with E-state index in [4.69, 9.17) is 21.2 Å². The third-order valence-electron chi connectivity index (χ3n) is 4.66. The van der Waals surface area contributed by atoms with Crippen LogP contribution in [0.1, 0.15) is 17.0 Å². The van der Waals surface area contributed by atoms with E-state index in [9.17, 15) is 9.59 Å². The first-order valence-electron chi connectivity index (χ1n) is 9.15. The van der Waals surface area contributed by atoms with Gasteiger partial charge in [-0.1, -0.05) is 41.9 Å². The van der Waals surface area contributed by atoms with Gasteiger partial charge < -0.3 is 4.57 Å². The zero-order chi connectivity index (χ0) is 22.5. The molecule has 1 aromatic heterocycles. The number of halogens is 1. The van der Waals surface area contributed by atoms with Gasteiger partial charge in [0.15, 0.2) is 0 Å². The molecule has 0 saturated carbocycles. The summed E-state index contributed by atoms with van der Waals surface area (Å²) in [6.45, 7) is 3.97.